The largest absolute Gasteiger partial charge is 0.492 e. The Balaban J connectivity index is 2.13. The molecule has 1 heterocycles. The standard InChI is InChI=1S/C17H18FNO/c1-17(2)10-20-16-6-3-11(8-15(16)17)14-5-4-13(18)7-12(14)9-19/h3-8H,9-10,19H2,1-2H3. The molecule has 3 rings (SSSR count). The van der Waals surface area contributed by atoms with Crippen LogP contribution in [0.15, 0.2) is 36.4 Å². The van der Waals surface area contributed by atoms with Crippen LogP contribution < -0.4 is 10.5 Å². The van der Waals surface area contributed by atoms with E-state index in [2.05, 4.69) is 19.9 Å². The van der Waals surface area contributed by atoms with Gasteiger partial charge in [-0.1, -0.05) is 26.0 Å². The quantitative estimate of drug-likeness (QED) is 0.905. The molecule has 20 heavy (non-hydrogen) atoms. The van der Waals surface area contributed by atoms with Crippen LogP contribution in [0.3, 0.4) is 0 Å². The minimum atomic E-state index is -0.251. The number of hydrogen-bond acceptors (Lipinski definition) is 2. The Bertz CT molecular complexity index is 664. The average molecular weight is 271 g/mol. The zero-order valence-electron chi connectivity index (χ0n) is 11.7. The summed E-state index contributed by atoms with van der Waals surface area (Å²) in [6.45, 7) is 5.34. The van der Waals surface area contributed by atoms with Crippen molar-refractivity contribution in [2.45, 2.75) is 25.8 Å². The number of halogens is 1. The second-order valence-electron chi connectivity index (χ2n) is 5.89. The molecule has 0 atom stereocenters. The highest BCUT2D eigenvalue weighted by Gasteiger charge is 2.31. The maximum atomic E-state index is 13.3. The molecule has 0 saturated heterocycles. The maximum absolute atomic E-state index is 13.3. The molecule has 0 bridgehead atoms. The molecule has 2 aromatic carbocycles. The lowest BCUT2D eigenvalue weighted by Crippen LogP contribution is -2.18. The SMILES string of the molecule is CC1(C)COc2ccc(-c3ccc(F)cc3CN)cc21. The summed E-state index contributed by atoms with van der Waals surface area (Å²) in [5.41, 5.74) is 9.80. The van der Waals surface area contributed by atoms with E-state index in [9.17, 15) is 4.39 Å². The van der Waals surface area contributed by atoms with Crippen LogP contribution in [0.4, 0.5) is 4.39 Å². The van der Waals surface area contributed by atoms with E-state index in [0.717, 1.165) is 22.4 Å². The van der Waals surface area contributed by atoms with Gasteiger partial charge in [0.2, 0.25) is 0 Å². The molecular formula is C17H18FNO. The average Bonchev–Trinajstić information content (AvgIpc) is 2.74. The Hall–Kier alpha value is -1.87. The van der Waals surface area contributed by atoms with Crippen molar-refractivity contribution < 1.29 is 9.13 Å². The van der Waals surface area contributed by atoms with E-state index in [4.69, 9.17) is 10.5 Å². The van der Waals surface area contributed by atoms with Gasteiger partial charge in [0, 0.05) is 17.5 Å². The predicted molar refractivity (Wildman–Crippen MR) is 78.2 cm³/mol. The van der Waals surface area contributed by atoms with Crippen molar-refractivity contribution in [3.8, 4) is 16.9 Å². The number of ether oxygens (including phenoxy) is 1. The maximum Gasteiger partial charge on any atom is 0.123 e. The van der Waals surface area contributed by atoms with Crippen LogP contribution in [-0.2, 0) is 12.0 Å². The Kier molecular flexibility index (Phi) is 3.02. The number of fused-ring (bicyclic) bond motifs is 1. The van der Waals surface area contributed by atoms with Gasteiger partial charge in [-0.25, -0.2) is 4.39 Å². The Morgan fingerprint density at radius 1 is 1.20 bits per heavy atom. The van der Waals surface area contributed by atoms with E-state index in [-0.39, 0.29) is 11.2 Å². The number of nitrogens with two attached hydrogens (primary N) is 1. The molecule has 0 radical (unpaired) electrons. The number of hydrogen-bond donors (Lipinski definition) is 1. The molecular weight excluding hydrogens is 253 g/mol. The van der Waals surface area contributed by atoms with Gasteiger partial charge in [-0.15, -0.1) is 0 Å². The van der Waals surface area contributed by atoms with E-state index < -0.39 is 0 Å². The van der Waals surface area contributed by atoms with E-state index in [1.54, 1.807) is 6.07 Å². The van der Waals surface area contributed by atoms with E-state index in [0.29, 0.717) is 13.2 Å². The summed E-state index contributed by atoms with van der Waals surface area (Å²) in [6.07, 6.45) is 0. The van der Waals surface area contributed by atoms with Gasteiger partial charge in [0.15, 0.2) is 0 Å². The smallest absolute Gasteiger partial charge is 0.123 e. The molecule has 2 nitrogen and oxygen atoms in total. The highest BCUT2D eigenvalue weighted by Crippen LogP contribution is 2.40. The Morgan fingerprint density at radius 3 is 2.75 bits per heavy atom. The molecule has 0 fully saturated rings. The van der Waals surface area contributed by atoms with Crippen LogP contribution in [0.1, 0.15) is 25.0 Å². The van der Waals surface area contributed by atoms with Crippen LogP contribution in [0.5, 0.6) is 5.75 Å². The van der Waals surface area contributed by atoms with Gasteiger partial charge in [0.25, 0.3) is 0 Å². The fourth-order valence-corrected chi connectivity index (χ4v) is 2.70. The molecule has 0 spiro atoms. The van der Waals surface area contributed by atoms with Crippen molar-refractivity contribution >= 4 is 0 Å². The first-order chi connectivity index (χ1) is 9.51. The van der Waals surface area contributed by atoms with E-state index >= 15 is 0 Å². The third kappa shape index (κ3) is 2.08. The summed E-state index contributed by atoms with van der Waals surface area (Å²) in [6, 6.07) is 10.9. The summed E-state index contributed by atoms with van der Waals surface area (Å²) < 4.78 is 19.0. The Labute approximate surface area is 118 Å². The molecule has 0 aromatic heterocycles. The molecule has 3 heteroatoms. The van der Waals surface area contributed by atoms with Crippen molar-refractivity contribution in [3.63, 3.8) is 0 Å². The molecule has 104 valence electrons. The van der Waals surface area contributed by atoms with Crippen LogP contribution in [-0.4, -0.2) is 6.61 Å². The summed E-state index contributed by atoms with van der Waals surface area (Å²) in [5.74, 6) is 0.689. The van der Waals surface area contributed by atoms with Crippen molar-refractivity contribution in [1.29, 1.82) is 0 Å². The zero-order valence-corrected chi connectivity index (χ0v) is 11.7. The lowest BCUT2D eigenvalue weighted by molar-refractivity contribution is 0.291. The lowest BCUT2D eigenvalue weighted by atomic mass is 9.85. The van der Waals surface area contributed by atoms with Crippen molar-refractivity contribution in [2.75, 3.05) is 6.61 Å². The van der Waals surface area contributed by atoms with E-state index in [1.165, 1.54) is 17.7 Å². The van der Waals surface area contributed by atoms with Crippen molar-refractivity contribution in [3.05, 3.63) is 53.3 Å². The normalized spacial score (nSPS) is 15.8. The fraction of sp³-hybridized carbons (Fsp3) is 0.294. The third-order valence-electron chi connectivity index (χ3n) is 3.90. The minimum absolute atomic E-state index is 0.00819. The lowest BCUT2D eigenvalue weighted by Gasteiger charge is -2.16. The summed E-state index contributed by atoms with van der Waals surface area (Å²) in [4.78, 5) is 0. The molecule has 1 aliphatic heterocycles. The topological polar surface area (TPSA) is 35.2 Å². The van der Waals surface area contributed by atoms with Crippen molar-refractivity contribution in [1.82, 2.24) is 0 Å². The van der Waals surface area contributed by atoms with Crippen LogP contribution in [0, 0.1) is 5.82 Å². The fourth-order valence-electron chi connectivity index (χ4n) is 2.70. The molecule has 0 saturated carbocycles. The molecule has 1 aliphatic rings. The highest BCUT2D eigenvalue weighted by atomic mass is 19.1. The van der Waals surface area contributed by atoms with Gasteiger partial charge in [0.05, 0.1) is 6.61 Å². The summed E-state index contributed by atoms with van der Waals surface area (Å²) in [7, 11) is 0. The molecule has 2 aromatic rings. The van der Waals surface area contributed by atoms with Crippen LogP contribution >= 0.6 is 0 Å². The summed E-state index contributed by atoms with van der Waals surface area (Å²) in [5, 5.41) is 0. The van der Waals surface area contributed by atoms with Crippen LogP contribution in [0.25, 0.3) is 11.1 Å². The second kappa shape index (κ2) is 4.60. The molecule has 0 aliphatic carbocycles. The molecule has 0 unspecified atom stereocenters. The van der Waals surface area contributed by atoms with Crippen molar-refractivity contribution in [2.24, 2.45) is 5.73 Å². The van der Waals surface area contributed by atoms with Gasteiger partial charge in [-0.3, -0.25) is 0 Å². The van der Waals surface area contributed by atoms with Gasteiger partial charge < -0.3 is 10.5 Å². The first kappa shape index (κ1) is 13.1. The van der Waals surface area contributed by atoms with Gasteiger partial charge in [0.1, 0.15) is 11.6 Å². The molecule has 2 N–H and O–H groups in total. The first-order valence-electron chi connectivity index (χ1n) is 6.77. The third-order valence-corrected chi connectivity index (χ3v) is 3.90. The van der Waals surface area contributed by atoms with Gasteiger partial charge in [-0.05, 0) is 41.0 Å². The van der Waals surface area contributed by atoms with Gasteiger partial charge >= 0.3 is 0 Å². The highest BCUT2D eigenvalue weighted by molar-refractivity contribution is 5.70. The summed E-state index contributed by atoms with van der Waals surface area (Å²) >= 11 is 0. The number of benzene rings is 2. The predicted octanol–water partition coefficient (Wildman–Crippen LogP) is 3.62. The second-order valence-corrected chi connectivity index (χ2v) is 5.89. The molecule has 0 amide bonds. The monoisotopic (exact) mass is 271 g/mol. The van der Waals surface area contributed by atoms with E-state index in [1.807, 2.05) is 12.1 Å². The zero-order chi connectivity index (χ0) is 14.3. The van der Waals surface area contributed by atoms with Crippen LogP contribution in [0.2, 0.25) is 0 Å². The number of rotatable bonds is 2. The Morgan fingerprint density at radius 2 is 2.00 bits per heavy atom. The van der Waals surface area contributed by atoms with Gasteiger partial charge in [-0.2, -0.15) is 0 Å². The first-order valence-corrected chi connectivity index (χ1v) is 6.77. The minimum Gasteiger partial charge on any atom is -0.492 e.